The van der Waals surface area contributed by atoms with E-state index in [0.29, 0.717) is 18.1 Å². The van der Waals surface area contributed by atoms with Gasteiger partial charge in [0, 0.05) is 24.7 Å². The first-order valence-corrected chi connectivity index (χ1v) is 8.30. The van der Waals surface area contributed by atoms with E-state index in [9.17, 15) is 0 Å². The van der Waals surface area contributed by atoms with E-state index < -0.39 is 0 Å². The van der Waals surface area contributed by atoms with Crippen LogP contribution >= 0.6 is 0 Å². The topological polar surface area (TPSA) is 18.5 Å². The Balaban J connectivity index is 2.12. The number of rotatable bonds is 6. The number of benzene rings is 1. The van der Waals surface area contributed by atoms with Crippen molar-refractivity contribution in [2.75, 3.05) is 34.2 Å². The molecule has 0 aliphatic carbocycles. The van der Waals surface area contributed by atoms with Crippen LogP contribution in [0.2, 0.25) is 0 Å². The second kappa shape index (κ2) is 7.92. The molecule has 3 nitrogen and oxygen atoms in total. The number of nitrogens with zero attached hydrogens (tertiary/aromatic N) is 2. The Labute approximate surface area is 130 Å². The molecule has 0 radical (unpaired) electrons. The lowest BCUT2D eigenvalue weighted by Gasteiger charge is -2.42. The van der Waals surface area contributed by atoms with Crippen LogP contribution in [-0.4, -0.2) is 56.1 Å². The predicted octanol–water partition coefficient (Wildman–Crippen LogP) is 2.75. The number of hydrogen-bond donors (Lipinski definition) is 1. The third-order valence-electron chi connectivity index (χ3n) is 4.97. The number of likely N-dealkylation sites (tertiary alicyclic amines) is 1. The monoisotopic (exact) mass is 289 g/mol. The molecule has 0 bridgehead atoms. The molecule has 1 aliphatic rings. The molecule has 1 saturated heterocycles. The van der Waals surface area contributed by atoms with Gasteiger partial charge in [-0.25, -0.2) is 0 Å². The first kappa shape index (κ1) is 16.5. The smallest absolute Gasteiger partial charge is 0.0475 e. The molecule has 1 N–H and O–H groups in total. The highest BCUT2D eigenvalue weighted by molar-refractivity contribution is 5.20. The molecular weight excluding hydrogens is 258 g/mol. The van der Waals surface area contributed by atoms with Crippen molar-refractivity contribution in [1.29, 1.82) is 0 Å². The second-order valence-corrected chi connectivity index (χ2v) is 6.38. The van der Waals surface area contributed by atoms with Crippen molar-refractivity contribution in [3.63, 3.8) is 0 Å². The Hall–Kier alpha value is -0.900. The summed E-state index contributed by atoms with van der Waals surface area (Å²) in [7, 11) is 6.64. The summed E-state index contributed by atoms with van der Waals surface area (Å²) in [6, 6.07) is 12.5. The third kappa shape index (κ3) is 4.06. The fourth-order valence-electron chi connectivity index (χ4n) is 3.74. The molecule has 21 heavy (non-hydrogen) atoms. The largest absolute Gasteiger partial charge is 0.312 e. The van der Waals surface area contributed by atoms with E-state index in [1.54, 1.807) is 0 Å². The van der Waals surface area contributed by atoms with E-state index >= 15 is 0 Å². The van der Waals surface area contributed by atoms with Gasteiger partial charge in [-0.2, -0.15) is 0 Å². The van der Waals surface area contributed by atoms with Gasteiger partial charge in [-0.1, -0.05) is 37.3 Å². The van der Waals surface area contributed by atoms with Gasteiger partial charge in [-0.15, -0.1) is 0 Å². The highest BCUT2D eigenvalue weighted by Crippen LogP contribution is 2.26. The molecule has 3 heteroatoms. The summed E-state index contributed by atoms with van der Waals surface area (Å²) in [4.78, 5) is 5.08. The van der Waals surface area contributed by atoms with Crippen molar-refractivity contribution < 1.29 is 0 Å². The van der Waals surface area contributed by atoms with Gasteiger partial charge in [-0.05, 0) is 52.5 Å². The van der Waals surface area contributed by atoms with E-state index in [2.05, 4.69) is 73.5 Å². The normalized spacial score (nSPS) is 23.2. The summed E-state index contributed by atoms with van der Waals surface area (Å²) >= 11 is 0. The lowest BCUT2D eigenvalue weighted by Crippen LogP contribution is -2.52. The summed E-state index contributed by atoms with van der Waals surface area (Å²) in [6.07, 6.45) is 3.80. The summed E-state index contributed by atoms with van der Waals surface area (Å²) in [5, 5.41) is 3.55. The van der Waals surface area contributed by atoms with Crippen LogP contribution in [0.15, 0.2) is 30.3 Å². The maximum atomic E-state index is 3.55. The van der Waals surface area contributed by atoms with E-state index in [-0.39, 0.29) is 0 Å². The maximum Gasteiger partial charge on any atom is 0.0475 e. The molecule has 1 aliphatic heterocycles. The average Bonchev–Trinajstić information content (AvgIpc) is 2.52. The van der Waals surface area contributed by atoms with Crippen LogP contribution in [0.4, 0.5) is 0 Å². The van der Waals surface area contributed by atoms with E-state index in [4.69, 9.17) is 0 Å². The highest BCUT2D eigenvalue weighted by Gasteiger charge is 2.30. The molecule has 1 heterocycles. The Morgan fingerprint density at radius 1 is 1.33 bits per heavy atom. The van der Waals surface area contributed by atoms with Crippen LogP contribution < -0.4 is 5.32 Å². The highest BCUT2D eigenvalue weighted by atomic mass is 15.2. The minimum absolute atomic E-state index is 0.397. The van der Waals surface area contributed by atoms with Gasteiger partial charge >= 0.3 is 0 Å². The zero-order valence-corrected chi connectivity index (χ0v) is 14.0. The summed E-state index contributed by atoms with van der Waals surface area (Å²) in [6.45, 7) is 4.74. The van der Waals surface area contributed by atoms with Crippen molar-refractivity contribution in [2.24, 2.45) is 0 Å². The van der Waals surface area contributed by atoms with Crippen molar-refractivity contribution >= 4 is 0 Å². The predicted molar refractivity (Wildman–Crippen MR) is 90.6 cm³/mol. The summed E-state index contributed by atoms with van der Waals surface area (Å²) in [5.74, 6) is 0. The van der Waals surface area contributed by atoms with Gasteiger partial charge in [0.2, 0.25) is 0 Å². The quantitative estimate of drug-likeness (QED) is 0.869. The van der Waals surface area contributed by atoms with Gasteiger partial charge in [0.1, 0.15) is 0 Å². The van der Waals surface area contributed by atoms with Crippen LogP contribution in [0.5, 0.6) is 0 Å². The van der Waals surface area contributed by atoms with Crippen LogP contribution in [0.1, 0.15) is 37.8 Å². The van der Waals surface area contributed by atoms with Gasteiger partial charge in [0.05, 0.1) is 0 Å². The van der Waals surface area contributed by atoms with Gasteiger partial charge < -0.3 is 10.2 Å². The molecular formula is C18H31N3. The van der Waals surface area contributed by atoms with Crippen molar-refractivity contribution in [1.82, 2.24) is 15.1 Å². The zero-order chi connectivity index (χ0) is 15.2. The lowest BCUT2D eigenvalue weighted by molar-refractivity contribution is 0.0796. The molecule has 0 spiro atoms. The minimum Gasteiger partial charge on any atom is -0.312 e. The van der Waals surface area contributed by atoms with Crippen LogP contribution in [0, 0.1) is 0 Å². The Morgan fingerprint density at radius 3 is 2.62 bits per heavy atom. The fourth-order valence-corrected chi connectivity index (χ4v) is 3.74. The Kier molecular flexibility index (Phi) is 6.22. The van der Waals surface area contributed by atoms with E-state index in [0.717, 1.165) is 6.42 Å². The van der Waals surface area contributed by atoms with Crippen LogP contribution in [0.3, 0.4) is 0 Å². The van der Waals surface area contributed by atoms with Crippen molar-refractivity contribution in [3.05, 3.63) is 35.9 Å². The second-order valence-electron chi connectivity index (χ2n) is 6.38. The lowest BCUT2D eigenvalue weighted by atomic mass is 9.93. The standard InChI is InChI=1S/C18H31N3/c1-5-17(18(19-2)15-10-7-6-8-11-15)21(4)16-12-9-13-20(3)14-16/h6-8,10-11,16-19H,5,9,12-14H2,1-4H3. The molecule has 3 atom stereocenters. The number of piperidine rings is 1. The molecule has 118 valence electrons. The molecule has 0 saturated carbocycles. The van der Waals surface area contributed by atoms with Gasteiger partial charge in [0.25, 0.3) is 0 Å². The number of nitrogens with one attached hydrogen (secondary N) is 1. The maximum absolute atomic E-state index is 3.55. The van der Waals surface area contributed by atoms with Crippen LogP contribution in [0.25, 0.3) is 0 Å². The van der Waals surface area contributed by atoms with E-state index in [1.165, 1.54) is 31.5 Å². The SMILES string of the molecule is CCC(C(NC)c1ccccc1)N(C)C1CCCN(C)C1. The average molecular weight is 289 g/mol. The number of hydrogen-bond acceptors (Lipinski definition) is 3. The molecule has 3 unspecified atom stereocenters. The molecule has 1 aromatic carbocycles. The van der Waals surface area contributed by atoms with Crippen molar-refractivity contribution in [2.45, 2.75) is 44.3 Å². The van der Waals surface area contributed by atoms with Crippen LogP contribution in [-0.2, 0) is 0 Å². The van der Waals surface area contributed by atoms with Crippen molar-refractivity contribution in [3.8, 4) is 0 Å². The Bertz CT molecular complexity index is 406. The van der Waals surface area contributed by atoms with Gasteiger partial charge in [0.15, 0.2) is 0 Å². The Morgan fingerprint density at radius 2 is 2.05 bits per heavy atom. The molecule has 0 amide bonds. The first-order valence-electron chi connectivity index (χ1n) is 8.30. The van der Waals surface area contributed by atoms with E-state index in [1.807, 2.05) is 0 Å². The summed E-state index contributed by atoms with van der Waals surface area (Å²) in [5.41, 5.74) is 1.39. The molecule has 0 aromatic heterocycles. The zero-order valence-electron chi connectivity index (χ0n) is 14.0. The molecule has 1 aromatic rings. The minimum atomic E-state index is 0.397. The number of likely N-dealkylation sites (N-methyl/N-ethyl adjacent to an activating group) is 3. The first-order chi connectivity index (χ1) is 10.2. The molecule has 1 fully saturated rings. The molecule has 2 rings (SSSR count). The summed E-state index contributed by atoms with van der Waals surface area (Å²) < 4.78 is 0. The third-order valence-corrected chi connectivity index (χ3v) is 4.97. The van der Waals surface area contributed by atoms with Gasteiger partial charge in [-0.3, -0.25) is 4.90 Å². The fraction of sp³-hybridized carbons (Fsp3) is 0.667.